The zero-order valence-electron chi connectivity index (χ0n) is 18.0. The van der Waals surface area contributed by atoms with Crippen molar-refractivity contribution in [3.05, 3.63) is 24.0 Å². The largest absolute Gasteiger partial charge is 0.425 e. The van der Waals surface area contributed by atoms with E-state index in [1.54, 1.807) is 6.20 Å². The Hall–Kier alpha value is -1.38. The predicted octanol–water partition coefficient (Wildman–Crippen LogP) is 6.74. The lowest BCUT2D eigenvalue weighted by Crippen LogP contribution is -2.25. The van der Waals surface area contributed by atoms with Crippen LogP contribution in [0.4, 0.5) is 0 Å². The van der Waals surface area contributed by atoms with Gasteiger partial charge in [-0.25, -0.2) is 0 Å². The molecule has 0 radical (unpaired) electrons. The van der Waals surface area contributed by atoms with Crippen LogP contribution in [0, 0.1) is 23.7 Å². The maximum atomic E-state index is 11.6. The lowest BCUT2D eigenvalue weighted by atomic mass is 9.68. The first-order valence-electron chi connectivity index (χ1n) is 11.8. The van der Waals surface area contributed by atoms with E-state index in [4.69, 9.17) is 4.74 Å². The van der Waals surface area contributed by atoms with Crippen LogP contribution in [0.1, 0.15) is 96.6 Å². The molecule has 1 heterocycles. The van der Waals surface area contributed by atoms with Crippen molar-refractivity contribution in [2.24, 2.45) is 23.7 Å². The summed E-state index contributed by atoms with van der Waals surface area (Å²) >= 11 is 0. The predicted molar refractivity (Wildman–Crippen MR) is 114 cm³/mol. The molecule has 2 saturated carbocycles. The van der Waals surface area contributed by atoms with Gasteiger partial charge >= 0.3 is 5.97 Å². The van der Waals surface area contributed by atoms with Crippen LogP contribution >= 0.6 is 0 Å². The van der Waals surface area contributed by atoms with Crippen molar-refractivity contribution in [2.45, 2.75) is 97.3 Å². The molecule has 0 amide bonds. The first-order chi connectivity index (χ1) is 13.7. The Bertz CT molecular complexity index is 581. The molecular weight excluding hydrogens is 346 g/mol. The van der Waals surface area contributed by atoms with E-state index in [0.29, 0.717) is 12.2 Å². The summed E-state index contributed by atoms with van der Waals surface area (Å²) in [4.78, 5) is 16.1. The molecule has 0 unspecified atom stereocenters. The van der Waals surface area contributed by atoms with Gasteiger partial charge in [-0.3, -0.25) is 9.78 Å². The summed E-state index contributed by atoms with van der Waals surface area (Å²) in [5.41, 5.74) is 1.12. The quantitative estimate of drug-likeness (QED) is 0.465. The third kappa shape index (κ3) is 6.32. The van der Waals surface area contributed by atoms with Crippen molar-refractivity contribution in [1.82, 2.24) is 4.98 Å². The molecule has 2 fully saturated rings. The van der Waals surface area contributed by atoms with Crippen molar-refractivity contribution < 1.29 is 9.53 Å². The van der Waals surface area contributed by atoms with Crippen LogP contribution in [0.25, 0.3) is 0 Å². The Morgan fingerprint density at radius 1 is 0.964 bits per heavy atom. The standard InChI is InChI=1S/C25H39NO2/c1-3-5-25(27)28-24-17-16-23(26-18-24)15-10-20-8-13-22(14-9-20)21-11-6-19(4-2)7-12-21/h16-22H,3-15H2,1-2H3/t19-,20?,21-,22?. The van der Waals surface area contributed by atoms with Crippen LogP contribution in [-0.2, 0) is 11.2 Å². The highest BCUT2D eigenvalue weighted by atomic mass is 16.5. The lowest BCUT2D eigenvalue weighted by Gasteiger charge is -2.37. The van der Waals surface area contributed by atoms with Crippen molar-refractivity contribution in [1.29, 1.82) is 0 Å². The first-order valence-corrected chi connectivity index (χ1v) is 11.8. The van der Waals surface area contributed by atoms with Gasteiger partial charge in [-0.15, -0.1) is 0 Å². The topological polar surface area (TPSA) is 39.2 Å². The molecule has 28 heavy (non-hydrogen) atoms. The van der Waals surface area contributed by atoms with Gasteiger partial charge in [0.05, 0.1) is 6.20 Å². The fourth-order valence-electron chi connectivity index (χ4n) is 5.37. The highest BCUT2D eigenvalue weighted by Crippen LogP contribution is 2.42. The summed E-state index contributed by atoms with van der Waals surface area (Å²) in [6, 6.07) is 3.91. The van der Waals surface area contributed by atoms with Crippen LogP contribution in [0.3, 0.4) is 0 Å². The Balaban J connectivity index is 1.35. The number of pyridine rings is 1. The monoisotopic (exact) mass is 385 g/mol. The van der Waals surface area contributed by atoms with Gasteiger partial charge in [0.15, 0.2) is 0 Å². The van der Waals surface area contributed by atoms with Gasteiger partial charge in [0.2, 0.25) is 0 Å². The maximum Gasteiger partial charge on any atom is 0.311 e. The molecule has 0 atom stereocenters. The Morgan fingerprint density at radius 3 is 2.14 bits per heavy atom. The molecule has 1 aromatic rings. The normalized spacial score (nSPS) is 28.1. The van der Waals surface area contributed by atoms with Gasteiger partial charge in [0, 0.05) is 12.1 Å². The molecule has 1 aromatic heterocycles. The van der Waals surface area contributed by atoms with Crippen LogP contribution in [0.15, 0.2) is 18.3 Å². The van der Waals surface area contributed by atoms with E-state index in [0.717, 1.165) is 42.2 Å². The summed E-state index contributed by atoms with van der Waals surface area (Å²) in [5.74, 6) is 4.31. The van der Waals surface area contributed by atoms with E-state index in [1.807, 2.05) is 19.1 Å². The zero-order chi connectivity index (χ0) is 19.8. The minimum absolute atomic E-state index is 0.169. The van der Waals surface area contributed by atoms with E-state index < -0.39 is 0 Å². The number of ether oxygens (including phenoxy) is 1. The van der Waals surface area contributed by atoms with Crippen molar-refractivity contribution >= 4 is 5.97 Å². The summed E-state index contributed by atoms with van der Waals surface area (Å²) in [5, 5.41) is 0. The molecule has 0 N–H and O–H groups in total. The van der Waals surface area contributed by atoms with Crippen molar-refractivity contribution in [2.75, 3.05) is 0 Å². The van der Waals surface area contributed by atoms with Crippen molar-refractivity contribution in [3.8, 4) is 5.75 Å². The Labute approximate surface area is 171 Å². The molecule has 3 nitrogen and oxygen atoms in total. The van der Waals surface area contributed by atoms with E-state index in [2.05, 4.69) is 11.9 Å². The average Bonchev–Trinajstić information content (AvgIpc) is 2.74. The third-order valence-corrected chi connectivity index (χ3v) is 7.32. The fourth-order valence-corrected chi connectivity index (χ4v) is 5.37. The first kappa shape index (κ1) is 21.3. The number of carbonyl (C=O) groups is 1. The Kier molecular flexibility index (Phi) is 8.36. The molecule has 2 aliphatic rings. The zero-order valence-corrected chi connectivity index (χ0v) is 18.0. The summed E-state index contributed by atoms with van der Waals surface area (Å²) < 4.78 is 5.29. The highest BCUT2D eigenvalue weighted by molar-refractivity contribution is 5.72. The summed E-state index contributed by atoms with van der Waals surface area (Å²) in [6.07, 6.45) is 18.3. The molecule has 3 heteroatoms. The van der Waals surface area contributed by atoms with Gasteiger partial charge in [0.1, 0.15) is 5.75 Å². The molecule has 2 aliphatic carbocycles. The minimum Gasteiger partial charge on any atom is -0.425 e. The van der Waals surface area contributed by atoms with Gasteiger partial charge < -0.3 is 4.74 Å². The number of nitrogens with zero attached hydrogens (tertiary/aromatic N) is 1. The molecule has 0 saturated heterocycles. The van der Waals surface area contributed by atoms with Gasteiger partial charge in [0.25, 0.3) is 0 Å². The van der Waals surface area contributed by atoms with Crippen LogP contribution in [-0.4, -0.2) is 11.0 Å². The third-order valence-electron chi connectivity index (χ3n) is 7.32. The number of hydrogen-bond donors (Lipinski definition) is 0. The van der Waals surface area contributed by atoms with Crippen LogP contribution in [0.2, 0.25) is 0 Å². The molecule has 0 spiro atoms. The maximum absolute atomic E-state index is 11.6. The molecule has 156 valence electrons. The number of hydrogen-bond acceptors (Lipinski definition) is 3. The molecule has 0 aromatic carbocycles. The fraction of sp³-hybridized carbons (Fsp3) is 0.760. The van der Waals surface area contributed by atoms with E-state index in [-0.39, 0.29) is 5.97 Å². The number of rotatable bonds is 8. The SMILES string of the molecule is CCCC(=O)Oc1ccc(CCC2CCC([C@H]3CC[C@H](CC)CC3)CC2)nc1. The van der Waals surface area contributed by atoms with Crippen LogP contribution in [0.5, 0.6) is 5.75 Å². The number of aryl methyl sites for hydroxylation is 1. The van der Waals surface area contributed by atoms with Gasteiger partial charge in [-0.1, -0.05) is 46.0 Å². The molecular formula is C25H39NO2. The molecule has 0 aliphatic heterocycles. The van der Waals surface area contributed by atoms with Crippen LogP contribution < -0.4 is 4.74 Å². The van der Waals surface area contributed by atoms with E-state index in [1.165, 1.54) is 64.2 Å². The average molecular weight is 386 g/mol. The molecule has 0 bridgehead atoms. The minimum atomic E-state index is -0.169. The highest BCUT2D eigenvalue weighted by Gasteiger charge is 2.30. The van der Waals surface area contributed by atoms with E-state index in [9.17, 15) is 4.79 Å². The van der Waals surface area contributed by atoms with E-state index >= 15 is 0 Å². The summed E-state index contributed by atoms with van der Waals surface area (Å²) in [6.45, 7) is 4.34. The molecule has 3 rings (SSSR count). The summed E-state index contributed by atoms with van der Waals surface area (Å²) in [7, 11) is 0. The smallest absolute Gasteiger partial charge is 0.311 e. The van der Waals surface area contributed by atoms with Gasteiger partial charge in [-0.05, 0) is 80.8 Å². The number of carbonyl (C=O) groups excluding carboxylic acids is 1. The number of esters is 1. The second-order valence-corrected chi connectivity index (χ2v) is 9.22. The van der Waals surface area contributed by atoms with Gasteiger partial charge in [-0.2, -0.15) is 0 Å². The second kappa shape index (κ2) is 11.0. The Morgan fingerprint density at radius 2 is 1.61 bits per heavy atom. The second-order valence-electron chi connectivity index (χ2n) is 9.22. The van der Waals surface area contributed by atoms with Crippen molar-refractivity contribution in [3.63, 3.8) is 0 Å². The lowest BCUT2D eigenvalue weighted by molar-refractivity contribution is -0.134. The number of aromatic nitrogens is 1.